The molecule has 3 amide bonds. The Morgan fingerprint density at radius 2 is 1.54 bits per heavy atom. The summed E-state index contributed by atoms with van der Waals surface area (Å²) in [5.74, 6) is -2.58. The van der Waals surface area contributed by atoms with Crippen LogP contribution in [0.5, 0.6) is 0 Å². The van der Waals surface area contributed by atoms with Crippen molar-refractivity contribution < 1.29 is 24.2 Å². The predicted molar refractivity (Wildman–Crippen MR) is 155 cm³/mol. The number of aliphatic hydroxyl groups excluding tert-OH is 1. The molecule has 2 saturated heterocycles. The summed E-state index contributed by atoms with van der Waals surface area (Å²) in [5, 5.41) is 10.7. The number of nitrogens with zero attached hydrogens (tertiary/aromatic N) is 3. The molecule has 2 aromatic carbocycles. The first-order valence-electron chi connectivity index (χ1n) is 14.4. The van der Waals surface area contributed by atoms with Gasteiger partial charge in [-0.15, -0.1) is 0 Å². The second-order valence-corrected chi connectivity index (χ2v) is 11.9. The van der Waals surface area contributed by atoms with Gasteiger partial charge in [-0.05, 0) is 44.9 Å². The Hall–Kier alpha value is -3.75. The van der Waals surface area contributed by atoms with Crippen LogP contribution >= 0.6 is 0 Å². The number of ether oxygens (including phenoxy) is 1. The molecule has 1 N–H and O–H groups in total. The number of aliphatic hydroxyl groups is 1. The first kappa shape index (κ1) is 27.4. The van der Waals surface area contributed by atoms with E-state index in [0.717, 1.165) is 11.3 Å². The highest BCUT2D eigenvalue weighted by Gasteiger charge is 2.75. The van der Waals surface area contributed by atoms with Gasteiger partial charge in [0.1, 0.15) is 11.6 Å². The molecule has 1 unspecified atom stereocenters. The summed E-state index contributed by atoms with van der Waals surface area (Å²) < 4.78 is 6.91. The lowest BCUT2D eigenvalue weighted by Crippen LogP contribution is -2.59. The first-order valence-corrected chi connectivity index (χ1v) is 14.4. The van der Waals surface area contributed by atoms with Crippen molar-refractivity contribution in [3.05, 3.63) is 90.5 Å². The maximum Gasteiger partial charge on any atom is 0.249 e. The highest BCUT2D eigenvalue weighted by Crippen LogP contribution is 2.58. The summed E-state index contributed by atoms with van der Waals surface area (Å²) in [6.45, 7) is 6.13. The average Bonchev–Trinajstić information content (AvgIpc) is 3.23. The van der Waals surface area contributed by atoms with Crippen molar-refractivity contribution in [3.63, 3.8) is 0 Å². The minimum atomic E-state index is -1.36. The highest BCUT2D eigenvalue weighted by atomic mass is 16.5. The molecule has 41 heavy (non-hydrogen) atoms. The molecule has 0 aromatic heterocycles. The fourth-order valence-corrected chi connectivity index (χ4v) is 7.31. The van der Waals surface area contributed by atoms with Crippen molar-refractivity contribution in [3.8, 4) is 0 Å². The minimum absolute atomic E-state index is 0.113. The molecule has 4 heterocycles. The topological polar surface area (TPSA) is 90.4 Å². The Morgan fingerprint density at radius 1 is 0.878 bits per heavy atom. The van der Waals surface area contributed by atoms with Crippen molar-refractivity contribution in [2.75, 3.05) is 24.6 Å². The molecule has 8 heteroatoms. The number of amides is 3. The van der Waals surface area contributed by atoms with Gasteiger partial charge in [0.15, 0.2) is 0 Å². The van der Waals surface area contributed by atoms with Gasteiger partial charge >= 0.3 is 0 Å². The molecule has 4 aliphatic rings. The van der Waals surface area contributed by atoms with Crippen molar-refractivity contribution in [2.45, 2.75) is 56.5 Å². The van der Waals surface area contributed by atoms with Crippen LogP contribution in [-0.4, -0.2) is 81.7 Å². The molecule has 214 valence electrons. The summed E-state index contributed by atoms with van der Waals surface area (Å²) in [6, 6.07) is 17.2. The summed E-state index contributed by atoms with van der Waals surface area (Å²) in [6.07, 6.45) is 7.91. The molecular formula is C33H37N3O5. The number of hydrogen-bond acceptors (Lipinski definition) is 5. The monoisotopic (exact) mass is 555 g/mol. The lowest BCUT2D eigenvalue weighted by atomic mass is 9.74. The smallest absolute Gasteiger partial charge is 0.249 e. The van der Waals surface area contributed by atoms with E-state index in [1.807, 2.05) is 106 Å². The van der Waals surface area contributed by atoms with Gasteiger partial charge in [0.2, 0.25) is 17.7 Å². The van der Waals surface area contributed by atoms with E-state index < -0.39 is 35.1 Å². The Bertz CT molecular complexity index is 1390. The standard InChI is InChI=1S/C33H37N3O5/c1-22(2)34-18-11-17-33-27(26-29(38)35(24-14-8-5-9-15-24)19-10-16-32(26,3)41-33)30(39)36(28(33)31(34)40)25(21-37)20-23-12-6-4-7-13-23/h4-17,22,25-28,37H,18-21H2,1-3H3/t25-,26+,27+,28?,32-,33+/m1/s1. The Balaban J connectivity index is 1.49. The third-order valence-electron chi connectivity index (χ3n) is 9.14. The van der Waals surface area contributed by atoms with E-state index in [2.05, 4.69) is 0 Å². The molecule has 0 bridgehead atoms. The zero-order valence-corrected chi connectivity index (χ0v) is 23.7. The SMILES string of the molecule is CC(C)N1CC=C[C@]23O[C@]4(C)C=CCN(c5ccccc5)C(=O)[C@@H]4[C@H]2C(=O)N([C@@H](CO)Cc2ccccc2)C3C1=O. The molecule has 6 atom stereocenters. The molecular weight excluding hydrogens is 518 g/mol. The Morgan fingerprint density at radius 3 is 2.20 bits per heavy atom. The number of anilines is 1. The van der Waals surface area contributed by atoms with Gasteiger partial charge in [-0.1, -0.05) is 72.8 Å². The van der Waals surface area contributed by atoms with Crippen LogP contribution < -0.4 is 4.90 Å². The largest absolute Gasteiger partial charge is 0.394 e. The van der Waals surface area contributed by atoms with Gasteiger partial charge < -0.3 is 24.5 Å². The second kappa shape index (κ2) is 10.3. The van der Waals surface area contributed by atoms with E-state index in [4.69, 9.17) is 4.74 Å². The molecule has 4 aliphatic heterocycles. The third kappa shape index (κ3) is 4.23. The van der Waals surface area contributed by atoms with Crippen LogP contribution in [0, 0.1) is 11.8 Å². The second-order valence-electron chi connectivity index (χ2n) is 11.9. The van der Waals surface area contributed by atoms with Crippen molar-refractivity contribution in [2.24, 2.45) is 11.8 Å². The van der Waals surface area contributed by atoms with Gasteiger partial charge in [0, 0.05) is 24.8 Å². The maximum absolute atomic E-state index is 14.7. The molecule has 2 aromatic rings. The third-order valence-corrected chi connectivity index (χ3v) is 9.14. The number of rotatable bonds is 6. The van der Waals surface area contributed by atoms with Gasteiger partial charge in [-0.3, -0.25) is 14.4 Å². The number of fused-ring (bicyclic) bond motifs is 2. The normalized spacial score (nSPS) is 31.7. The molecule has 0 aliphatic carbocycles. The van der Waals surface area contributed by atoms with Crippen molar-refractivity contribution in [1.29, 1.82) is 0 Å². The van der Waals surface area contributed by atoms with E-state index in [0.29, 0.717) is 19.5 Å². The fraction of sp³-hybridized carbons (Fsp3) is 0.424. The van der Waals surface area contributed by atoms with Crippen LogP contribution in [0.1, 0.15) is 26.3 Å². The van der Waals surface area contributed by atoms with Crippen LogP contribution in [0.4, 0.5) is 5.69 Å². The van der Waals surface area contributed by atoms with Crippen LogP contribution in [0.25, 0.3) is 0 Å². The minimum Gasteiger partial charge on any atom is -0.394 e. The van der Waals surface area contributed by atoms with Gasteiger partial charge in [-0.2, -0.15) is 0 Å². The first-order chi connectivity index (χ1) is 19.7. The Kier molecular flexibility index (Phi) is 6.86. The number of para-hydroxylation sites is 1. The Labute approximate surface area is 240 Å². The summed E-state index contributed by atoms with van der Waals surface area (Å²) in [5.41, 5.74) is -0.780. The lowest BCUT2D eigenvalue weighted by Gasteiger charge is -2.40. The van der Waals surface area contributed by atoms with Crippen molar-refractivity contribution >= 4 is 23.4 Å². The van der Waals surface area contributed by atoms with E-state index in [9.17, 15) is 19.5 Å². The van der Waals surface area contributed by atoms with Crippen LogP contribution in [-0.2, 0) is 25.5 Å². The zero-order chi connectivity index (χ0) is 28.9. The maximum atomic E-state index is 14.7. The fourth-order valence-electron chi connectivity index (χ4n) is 7.31. The molecule has 1 spiro atoms. The average molecular weight is 556 g/mol. The number of likely N-dealkylation sites (tertiary alicyclic amines) is 1. The van der Waals surface area contributed by atoms with Gasteiger partial charge in [0.25, 0.3) is 0 Å². The van der Waals surface area contributed by atoms with Gasteiger partial charge in [-0.25, -0.2) is 0 Å². The predicted octanol–water partition coefficient (Wildman–Crippen LogP) is 2.97. The lowest BCUT2D eigenvalue weighted by molar-refractivity contribution is -0.155. The molecule has 0 radical (unpaired) electrons. The van der Waals surface area contributed by atoms with E-state index in [-0.39, 0.29) is 30.4 Å². The molecule has 0 saturated carbocycles. The number of carbonyl (C=O) groups excluding carboxylic acids is 3. The molecule has 6 rings (SSSR count). The summed E-state index contributed by atoms with van der Waals surface area (Å²) >= 11 is 0. The van der Waals surface area contributed by atoms with Crippen LogP contribution in [0.3, 0.4) is 0 Å². The number of benzene rings is 2. The molecule has 8 nitrogen and oxygen atoms in total. The zero-order valence-electron chi connectivity index (χ0n) is 23.7. The van der Waals surface area contributed by atoms with E-state index in [1.165, 1.54) is 0 Å². The number of hydrogen-bond donors (Lipinski definition) is 1. The van der Waals surface area contributed by atoms with Crippen molar-refractivity contribution in [1.82, 2.24) is 9.80 Å². The summed E-state index contributed by atoms with van der Waals surface area (Å²) in [7, 11) is 0. The van der Waals surface area contributed by atoms with E-state index >= 15 is 0 Å². The van der Waals surface area contributed by atoms with Gasteiger partial charge in [0.05, 0.1) is 30.1 Å². The quantitative estimate of drug-likeness (QED) is 0.554. The van der Waals surface area contributed by atoms with Crippen LogP contribution in [0.15, 0.2) is 85.0 Å². The summed E-state index contributed by atoms with van der Waals surface area (Å²) in [4.78, 5) is 48.5. The van der Waals surface area contributed by atoms with Crippen LogP contribution in [0.2, 0.25) is 0 Å². The van der Waals surface area contributed by atoms with E-state index in [1.54, 1.807) is 14.7 Å². The molecule has 2 fully saturated rings. The highest BCUT2D eigenvalue weighted by molar-refractivity contribution is 6.04. The number of carbonyl (C=O) groups is 3.